The van der Waals surface area contributed by atoms with E-state index in [4.69, 9.17) is 9.52 Å². The fourth-order valence-corrected chi connectivity index (χ4v) is 3.36. The number of carboxylic acids is 1. The van der Waals surface area contributed by atoms with Crippen molar-refractivity contribution < 1.29 is 33.0 Å². The number of hydrogen-bond acceptors (Lipinski definition) is 5. The maximum atomic E-state index is 14.4. The largest absolute Gasteiger partial charge is 0.475 e. The lowest BCUT2D eigenvalue weighted by atomic mass is 10.0. The number of nitrogens with zero attached hydrogens (tertiary/aromatic N) is 2. The van der Waals surface area contributed by atoms with E-state index in [1.165, 1.54) is 30.3 Å². The van der Waals surface area contributed by atoms with Crippen molar-refractivity contribution in [2.24, 2.45) is 0 Å². The van der Waals surface area contributed by atoms with Gasteiger partial charge in [-0.15, -0.1) is 0 Å². The number of oxazole rings is 1. The predicted octanol–water partition coefficient (Wildman–Crippen LogP) is 3.01. The first-order chi connectivity index (χ1) is 14.3. The molecular weight excluding hydrogens is 398 g/mol. The van der Waals surface area contributed by atoms with Gasteiger partial charge in [0.05, 0.1) is 12.2 Å². The van der Waals surface area contributed by atoms with Crippen LogP contribution in [0.25, 0.3) is 0 Å². The number of amides is 1. The van der Waals surface area contributed by atoms with Crippen LogP contribution in [0.2, 0.25) is 0 Å². The molecule has 0 spiro atoms. The molecule has 2 N–H and O–H groups in total. The Morgan fingerprint density at radius 3 is 2.77 bits per heavy atom. The highest BCUT2D eigenvalue weighted by atomic mass is 19.3. The van der Waals surface area contributed by atoms with Gasteiger partial charge in [-0.05, 0) is 12.8 Å². The molecule has 2 atom stereocenters. The van der Waals surface area contributed by atoms with Crippen molar-refractivity contribution >= 4 is 11.9 Å². The van der Waals surface area contributed by atoms with Gasteiger partial charge in [-0.1, -0.05) is 42.5 Å². The second kappa shape index (κ2) is 9.17. The van der Waals surface area contributed by atoms with Crippen LogP contribution in [0.15, 0.2) is 53.1 Å². The minimum absolute atomic E-state index is 0.104. The van der Waals surface area contributed by atoms with Gasteiger partial charge in [-0.3, -0.25) is 4.79 Å². The lowest BCUT2D eigenvalue weighted by Gasteiger charge is -2.24. The highest BCUT2D eigenvalue weighted by Gasteiger charge is 2.39. The number of aromatic carboxylic acids is 1. The van der Waals surface area contributed by atoms with Gasteiger partial charge in [0.15, 0.2) is 5.89 Å². The Labute approximate surface area is 171 Å². The Morgan fingerprint density at radius 2 is 2.10 bits per heavy atom. The van der Waals surface area contributed by atoms with Crippen molar-refractivity contribution in [3.8, 4) is 0 Å². The van der Waals surface area contributed by atoms with Crippen molar-refractivity contribution in [3.63, 3.8) is 0 Å². The van der Waals surface area contributed by atoms with E-state index in [9.17, 15) is 23.5 Å². The summed E-state index contributed by atoms with van der Waals surface area (Å²) in [7, 11) is 0. The molecule has 2 heterocycles. The van der Waals surface area contributed by atoms with E-state index in [0.29, 0.717) is 32.2 Å². The molecule has 30 heavy (non-hydrogen) atoms. The number of carbonyl (C=O) groups is 2. The second-order valence-corrected chi connectivity index (χ2v) is 7.04. The maximum absolute atomic E-state index is 14.4. The number of aliphatic hydroxyl groups is 1. The monoisotopic (exact) mass is 420 g/mol. The normalized spacial score (nSPS) is 18.3. The van der Waals surface area contributed by atoms with Gasteiger partial charge >= 0.3 is 11.9 Å². The van der Waals surface area contributed by atoms with Crippen molar-refractivity contribution in [1.29, 1.82) is 0 Å². The van der Waals surface area contributed by atoms with Crippen LogP contribution in [0, 0.1) is 0 Å². The molecule has 3 rings (SSSR count). The number of hydrogen-bond donors (Lipinski definition) is 2. The molecule has 160 valence electrons. The number of aromatic nitrogens is 1. The molecule has 0 aliphatic carbocycles. The van der Waals surface area contributed by atoms with E-state index in [1.54, 1.807) is 11.0 Å². The predicted molar refractivity (Wildman–Crippen MR) is 102 cm³/mol. The molecule has 1 unspecified atom stereocenters. The average molecular weight is 420 g/mol. The molecule has 9 heteroatoms. The molecule has 1 aromatic carbocycles. The summed E-state index contributed by atoms with van der Waals surface area (Å²) in [5.41, 5.74) is -0.284. The molecule has 1 amide bonds. The Morgan fingerprint density at radius 1 is 1.37 bits per heavy atom. The van der Waals surface area contributed by atoms with Crippen LogP contribution in [0.3, 0.4) is 0 Å². The van der Waals surface area contributed by atoms with Crippen LogP contribution >= 0.6 is 0 Å². The number of likely N-dealkylation sites (tertiary alicyclic amines) is 1. The van der Waals surface area contributed by atoms with Crippen molar-refractivity contribution in [2.45, 2.75) is 43.8 Å². The third-order valence-electron chi connectivity index (χ3n) is 4.97. The Hall–Kier alpha value is -3.07. The van der Waals surface area contributed by atoms with E-state index in [-0.39, 0.29) is 23.1 Å². The highest BCUT2D eigenvalue weighted by molar-refractivity contribution is 5.83. The Kier molecular flexibility index (Phi) is 6.61. The lowest BCUT2D eigenvalue weighted by molar-refractivity contribution is -0.128. The first kappa shape index (κ1) is 21.6. The first-order valence-corrected chi connectivity index (χ1v) is 9.56. The quantitative estimate of drug-likeness (QED) is 0.605. The van der Waals surface area contributed by atoms with Crippen molar-refractivity contribution in [2.75, 3.05) is 6.54 Å². The van der Waals surface area contributed by atoms with Crippen molar-refractivity contribution in [3.05, 3.63) is 65.9 Å². The van der Waals surface area contributed by atoms with E-state index in [0.717, 1.165) is 12.3 Å². The zero-order chi connectivity index (χ0) is 21.7. The van der Waals surface area contributed by atoms with Crippen LogP contribution in [0.5, 0.6) is 0 Å². The first-order valence-electron chi connectivity index (χ1n) is 9.56. The summed E-state index contributed by atoms with van der Waals surface area (Å²) in [5.74, 6) is -4.76. The summed E-state index contributed by atoms with van der Waals surface area (Å²) in [4.78, 5) is 28.4. The van der Waals surface area contributed by atoms with Gasteiger partial charge in [0.1, 0.15) is 6.10 Å². The minimum Gasteiger partial charge on any atom is -0.475 e. The zero-order valence-electron chi connectivity index (χ0n) is 16.1. The molecule has 0 radical (unpaired) electrons. The van der Waals surface area contributed by atoms with Gasteiger partial charge in [0.2, 0.25) is 11.7 Å². The van der Waals surface area contributed by atoms with E-state index < -0.39 is 24.0 Å². The van der Waals surface area contributed by atoms with E-state index >= 15 is 0 Å². The van der Waals surface area contributed by atoms with Crippen LogP contribution in [0.1, 0.15) is 41.3 Å². The van der Waals surface area contributed by atoms with Gasteiger partial charge in [0.25, 0.3) is 0 Å². The number of benzene rings is 1. The van der Waals surface area contributed by atoms with Crippen LogP contribution in [-0.4, -0.2) is 50.7 Å². The standard InChI is InChI=1S/C21H22F2N2O5/c22-21(23,14-5-2-1-3-6-14)17(26)10-8-15-9-11-19(27)25(15)12-4-7-18-24-13-16(30-18)20(28)29/h1-3,5-6,8,10,13,15,17,26H,4,7,9,11-12H2,(H,28,29)/b10-8+/t15-,17?/m0/s1. The number of aliphatic hydroxyl groups excluding tert-OH is 1. The number of aryl methyl sites for hydroxylation is 1. The topological polar surface area (TPSA) is 104 Å². The van der Waals surface area contributed by atoms with Gasteiger partial charge < -0.3 is 19.5 Å². The summed E-state index contributed by atoms with van der Waals surface area (Å²) in [6, 6.07) is 6.68. The van der Waals surface area contributed by atoms with E-state index in [2.05, 4.69) is 4.98 Å². The smallest absolute Gasteiger partial charge is 0.373 e. The Balaban J connectivity index is 1.58. The summed E-state index contributed by atoms with van der Waals surface area (Å²) >= 11 is 0. The third-order valence-corrected chi connectivity index (χ3v) is 4.97. The van der Waals surface area contributed by atoms with Crippen LogP contribution in [0.4, 0.5) is 8.78 Å². The summed E-state index contributed by atoms with van der Waals surface area (Å²) < 4.78 is 33.9. The van der Waals surface area contributed by atoms with Gasteiger partial charge in [-0.25, -0.2) is 9.78 Å². The molecule has 1 aliphatic heterocycles. The molecule has 1 aromatic heterocycles. The molecule has 1 fully saturated rings. The number of alkyl halides is 2. The van der Waals surface area contributed by atoms with Crippen LogP contribution in [-0.2, 0) is 17.1 Å². The number of carbonyl (C=O) groups excluding carboxylic acids is 1. The van der Waals surface area contributed by atoms with Gasteiger partial charge in [0, 0.05) is 24.9 Å². The van der Waals surface area contributed by atoms with Crippen LogP contribution < -0.4 is 0 Å². The highest BCUT2D eigenvalue weighted by Crippen LogP contribution is 2.32. The average Bonchev–Trinajstić information content (AvgIpc) is 3.34. The lowest BCUT2D eigenvalue weighted by Crippen LogP contribution is -2.34. The maximum Gasteiger partial charge on any atom is 0.373 e. The zero-order valence-corrected chi connectivity index (χ0v) is 16.1. The molecular formula is C21H22F2N2O5. The summed E-state index contributed by atoms with van der Waals surface area (Å²) in [6.07, 6.45) is 3.17. The molecule has 0 bridgehead atoms. The number of halogens is 2. The molecule has 1 aliphatic rings. The molecule has 0 saturated carbocycles. The summed E-state index contributed by atoms with van der Waals surface area (Å²) in [5, 5.41) is 18.8. The fraction of sp³-hybridized carbons (Fsp3) is 0.381. The number of carboxylic acid groups (broad SMARTS) is 1. The number of rotatable bonds is 9. The molecule has 1 saturated heterocycles. The van der Waals surface area contributed by atoms with E-state index in [1.807, 2.05) is 0 Å². The molecule has 7 nitrogen and oxygen atoms in total. The molecule has 2 aromatic rings. The summed E-state index contributed by atoms with van der Waals surface area (Å²) in [6.45, 7) is 0.337. The third kappa shape index (κ3) is 4.91. The fourth-order valence-electron chi connectivity index (χ4n) is 3.36. The Bertz CT molecular complexity index is 913. The SMILES string of the molecule is O=C(O)c1cnc(CCCN2C(=O)CC[C@@H]2/C=C/C(O)C(F)(F)c2ccccc2)o1. The minimum atomic E-state index is -3.45. The van der Waals surface area contributed by atoms with Gasteiger partial charge in [-0.2, -0.15) is 8.78 Å². The second-order valence-electron chi connectivity index (χ2n) is 7.04. The van der Waals surface area contributed by atoms with Crippen molar-refractivity contribution in [1.82, 2.24) is 9.88 Å².